The Kier molecular flexibility index (Phi) is 4.65. The summed E-state index contributed by atoms with van der Waals surface area (Å²) in [6.07, 6.45) is 2.88. The Balaban J connectivity index is 1.81. The first kappa shape index (κ1) is 16.5. The lowest BCUT2D eigenvalue weighted by atomic mass is 10.1. The van der Waals surface area contributed by atoms with Crippen LogP contribution in [0.15, 0.2) is 42.5 Å². The van der Waals surface area contributed by atoms with Crippen molar-refractivity contribution in [2.75, 3.05) is 20.3 Å². The molecule has 128 valence electrons. The van der Waals surface area contributed by atoms with Gasteiger partial charge in [-0.15, -0.1) is 0 Å². The number of fused-ring (bicyclic) bond motifs is 1. The van der Waals surface area contributed by atoms with Crippen molar-refractivity contribution in [2.45, 2.75) is 0 Å². The van der Waals surface area contributed by atoms with Gasteiger partial charge in [0.25, 0.3) is 0 Å². The molecule has 0 N–H and O–H groups in total. The van der Waals surface area contributed by atoms with Gasteiger partial charge in [-0.3, -0.25) is 14.9 Å². The fraction of sp³-hybridized carbons (Fsp3) is 0.167. The minimum atomic E-state index is -0.529. The molecule has 0 spiro atoms. The lowest BCUT2D eigenvalue weighted by molar-refractivity contribution is -0.385. The van der Waals surface area contributed by atoms with Crippen molar-refractivity contribution in [2.24, 2.45) is 0 Å². The van der Waals surface area contributed by atoms with Crippen LogP contribution in [0.3, 0.4) is 0 Å². The molecule has 0 fully saturated rings. The summed E-state index contributed by atoms with van der Waals surface area (Å²) in [5.74, 6) is 1.07. The molecular formula is C18H15NO6. The van der Waals surface area contributed by atoms with Gasteiger partial charge in [-0.25, -0.2) is 0 Å². The largest absolute Gasteiger partial charge is 0.490 e. The Morgan fingerprint density at radius 3 is 2.64 bits per heavy atom. The third kappa shape index (κ3) is 3.60. The van der Waals surface area contributed by atoms with Gasteiger partial charge in [0.05, 0.1) is 12.0 Å². The van der Waals surface area contributed by atoms with Crippen LogP contribution in [0.4, 0.5) is 5.69 Å². The van der Waals surface area contributed by atoms with Gasteiger partial charge in [0.1, 0.15) is 13.2 Å². The average Bonchev–Trinajstić information content (AvgIpc) is 2.65. The number of nitro benzene ring substituents is 1. The Morgan fingerprint density at radius 2 is 1.92 bits per heavy atom. The molecule has 1 heterocycles. The summed E-state index contributed by atoms with van der Waals surface area (Å²) in [5, 5.41) is 11.0. The normalized spacial score (nSPS) is 12.8. The van der Waals surface area contributed by atoms with Gasteiger partial charge < -0.3 is 14.2 Å². The zero-order chi connectivity index (χ0) is 17.8. The van der Waals surface area contributed by atoms with Crippen molar-refractivity contribution < 1.29 is 23.9 Å². The molecule has 0 saturated carbocycles. The van der Waals surface area contributed by atoms with E-state index >= 15 is 0 Å². The Hall–Kier alpha value is -3.35. The zero-order valence-corrected chi connectivity index (χ0v) is 13.4. The second-order valence-corrected chi connectivity index (χ2v) is 5.24. The summed E-state index contributed by atoms with van der Waals surface area (Å²) in [5.41, 5.74) is 0.818. The summed E-state index contributed by atoms with van der Waals surface area (Å²) in [6.45, 7) is 0.923. The van der Waals surface area contributed by atoms with E-state index in [0.717, 1.165) is 0 Å². The topological polar surface area (TPSA) is 87.9 Å². The summed E-state index contributed by atoms with van der Waals surface area (Å²) in [6, 6.07) is 9.44. The Bertz CT molecular complexity index is 859. The minimum Gasteiger partial charge on any atom is -0.490 e. The molecule has 0 unspecified atom stereocenters. The van der Waals surface area contributed by atoms with E-state index in [2.05, 4.69) is 0 Å². The van der Waals surface area contributed by atoms with Gasteiger partial charge in [-0.05, 0) is 35.9 Å². The van der Waals surface area contributed by atoms with Crippen LogP contribution in [-0.4, -0.2) is 31.0 Å². The van der Waals surface area contributed by atoms with Crippen molar-refractivity contribution >= 4 is 17.5 Å². The monoisotopic (exact) mass is 341 g/mol. The number of hydrogen-bond donors (Lipinski definition) is 0. The summed E-state index contributed by atoms with van der Waals surface area (Å²) >= 11 is 0. The lowest BCUT2D eigenvalue weighted by Crippen LogP contribution is -2.15. The number of rotatable bonds is 5. The molecule has 3 rings (SSSR count). The molecular weight excluding hydrogens is 326 g/mol. The SMILES string of the molecule is COc1ccc(C=CC(=O)c2ccc3c(c2)OCCO3)cc1[N+](=O)[O-]. The minimum absolute atomic E-state index is 0.156. The van der Waals surface area contributed by atoms with E-state index in [1.54, 1.807) is 24.3 Å². The number of hydrogen-bond acceptors (Lipinski definition) is 6. The maximum atomic E-state index is 12.3. The van der Waals surface area contributed by atoms with Crippen LogP contribution in [0.1, 0.15) is 15.9 Å². The van der Waals surface area contributed by atoms with Crippen LogP contribution in [0, 0.1) is 10.1 Å². The van der Waals surface area contributed by atoms with Crippen LogP contribution < -0.4 is 14.2 Å². The predicted molar refractivity (Wildman–Crippen MR) is 90.4 cm³/mol. The number of methoxy groups -OCH3 is 1. The van der Waals surface area contributed by atoms with Crippen LogP contribution in [0.25, 0.3) is 6.08 Å². The van der Waals surface area contributed by atoms with Gasteiger partial charge in [-0.2, -0.15) is 0 Å². The van der Waals surface area contributed by atoms with E-state index in [4.69, 9.17) is 14.2 Å². The molecule has 0 bridgehead atoms. The molecule has 7 heteroatoms. The number of benzene rings is 2. The molecule has 0 amide bonds. The van der Waals surface area contributed by atoms with Crippen molar-refractivity contribution in [3.05, 3.63) is 63.7 Å². The van der Waals surface area contributed by atoms with Gasteiger partial charge in [0.15, 0.2) is 23.0 Å². The fourth-order valence-electron chi connectivity index (χ4n) is 2.42. The van der Waals surface area contributed by atoms with Gasteiger partial charge in [-0.1, -0.05) is 12.1 Å². The number of carbonyl (C=O) groups excluding carboxylic acids is 1. The van der Waals surface area contributed by atoms with Crippen LogP contribution in [0.5, 0.6) is 17.2 Å². The number of ether oxygens (including phenoxy) is 3. The highest BCUT2D eigenvalue weighted by molar-refractivity contribution is 6.07. The summed E-state index contributed by atoms with van der Waals surface area (Å²) < 4.78 is 15.8. The van der Waals surface area contributed by atoms with Crippen LogP contribution >= 0.6 is 0 Å². The van der Waals surface area contributed by atoms with Gasteiger partial charge in [0.2, 0.25) is 0 Å². The highest BCUT2D eigenvalue weighted by Gasteiger charge is 2.15. The summed E-state index contributed by atoms with van der Waals surface area (Å²) in [4.78, 5) is 22.8. The average molecular weight is 341 g/mol. The van der Waals surface area contributed by atoms with E-state index in [1.165, 1.54) is 31.4 Å². The summed E-state index contributed by atoms with van der Waals surface area (Å²) in [7, 11) is 1.36. The number of nitro groups is 1. The van der Waals surface area contributed by atoms with Crippen molar-refractivity contribution in [3.63, 3.8) is 0 Å². The molecule has 0 aromatic heterocycles. The van der Waals surface area contributed by atoms with E-state index in [1.807, 2.05) is 0 Å². The fourth-order valence-corrected chi connectivity index (χ4v) is 2.42. The maximum absolute atomic E-state index is 12.3. The number of allylic oxidation sites excluding steroid dienone is 1. The van der Waals surface area contributed by atoms with E-state index < -0.39 is 4.92 Å². The molecule has 25 heavy (non-hydrogen) atoms. The van der Waals surface area contributed by atoms with E-state index in [0.29, 0.717) is 35.8 Å². The first-order chi connectivity index (χ1) is 12.1. The van der Waals surface area contributed by atoms with Crippen molar-refractivity contribution in [1.29, 1.82) is 0 Å². The van der Waals surface area contributed by atoms with Gasteiger partial charge >= 0.3 is 5.69 Å². The number of ketones is 1. The Morgan fingerprint density at radius 1 is 1.16 bits per heavy atom. The van der Waals surface area contributed by atoms with Crippen molar-refractivity contribution in [3.8, 4) is 17.2 Å². The third-order valence-electron chi connectivity index (χ3n) is 3.65. The van der Waals surface area contributed by atoms with Gasteiger partial charge in [0, 0.05) is 11.6 Å². The van der Waals surface area contributed by atoms with Crippen LogP contribution in [-0.2, 0) is 0 Å². The highest BCUT2D eigenvalue weighted by Crippen LogP contribution is 2.31. The second-order valence-electron chi connectivity index (χ2n) is 5.24. The quantitative estimate of drug-likeness (QED) is 0.359. The number of nitrogens with zero attached hydrogens (tertiary/aromatic N) is 1. The standard InChI is InChI=1S/C18H15NO6/c1-23-16-6-3-12(10-14(16)19(21)22)2-5-15(20)13-4-7-17-18(11-13)25-9-8-24-17/h2-7,10-11H,8-9H2,1H3. The molecule has 0 aliphatic carbocycles. The van der Waals surface area contributed by atoms with E-state index in [9.17, 15) is 14.9 Å². The van der Waals surface area contributed by atoms with Crippen molar-refractivity contribution in [1.82, 2.24) is 0 Å². The zero-order valence-electron chi connectivity index (χ0n) is 13.4. The van der Waals surface area contributed by atoms with Crippen LogP contribution in [0.2, 0.25) is 0 Å². The smallest absolute Gasteiger partial charge is 0.311 e. The first-order valence-corrected chi connectivity index (χ1v) is 7.53. The van der Waals surface area contributed by atoms with E-state index in [-0.39, 0.29) is 17.2 Å². The third-order valence-corrected chi connectivity index (χ3v) is 3.65. The molecule has 7 nitrogen and oxygen atoms in total. The molecule has 2 aromatic carbocycles. The molecule has 2 aromatic rings. The predicted octanol–water partition coefficient (Wildman–Crippen LogP) is 3.27. The molecule has 0 radical (unpaired) electrons. The molecule has 0 atom stereocenters. The number of carbonyl (C=O) groups is 1. The molecule has 0 saturated heterocycles. The Labute approximate surface area is 143 Å². The highest BCUT2D eigenvalue weighted by atomic mass is 16.6. The molecule has 1 aliphatic rings. The molecule has 1 aliphatic heterocycles. The maximum Gasteiger partial charge on any atom is 0.311 e. The first-order valence-electron chi connectivity index (χ1n) is 7.53. The lowest BCUT2D eigenvalue weighted by Gasteiger charge is -2.18. The second kappa shape index (κ2) is 7.04.